The van der Waals surface area contributed by atoms with Crippen LogP contribution in [-0.4, -0.2) is 51.8 Å². The lowest BCUT2D eigenvalue weighted by atomic mass is 9.77. The average Bonchev–Trinajstić information content (AvgIpc) is 3.24. The van der Waals surface area contributed by atoms with Gasteiger partial charge in [-0.1, -0.05) is 41.4 Å². The van der Waals surface area contributed by atoms with Gasteiger partial charge in [0, 0.05) is 43.4 Å². The molecule has 0 saturated carbocycles. The summed E-state index contributed by atoms with van der Waals surface area (Å²) in [6.45, 7) is 0.459. The van der Waals surface area contributed by atoms with Gasteiger partial charge in [-0.05, 0) is 49.5 Å². The molecule has 2 aromatic heterocycles. The van der Waals surface area contributed by atoms with E-state index < -0.39 is 15.7 Å². The van der Waals surface area contributed by atoms with E-state index in [1.54, 1.807) is 16.7 Å². The molecule has 5 rings (SSSR count). The van der Waals surface area contributed by atoms with Crippen LogP contribution in [0.1, 0.15) is 36.2 Å². The zero-order valence-corrected chi connectivity index (χ0v) is 22.4. The molecule has 1 saturated heterocycles. The molecule has 1 aliphatic heterocycles. The second-order valence-electron chi connectivity index (χ2n) is 9.17. The Balaban J connectivity index is 1.41. The zero-order chi connectivity index (χ0) is 26.2. The molecule has 1 amide bonds. The molecular formula is C25H26Cl2N6O3S. The number of aryl methyl sites for hydroxylation is 1. The molecule has 0 spiro atoms. The van der Waals surface area contributed by atoms with Crippen molar-refractivity contribution in [1.29, 1.82) is 0 Å². The molecule has 194 valence electrons. The van der Waals surface area contributed by atoms with Gasteiger partial charge in [0.05, 0.1) is 21.8 Å². The Kier molecular flexibility index (Phi) is 7.01. The molecule has 3 heterocycles. The lowest BCUT2D eigenvalue weighted by Gasteiger charge is -2.44. The number of hydrogen-bond acceptors (Lipinski definition) is 5. The van der Waals surface area contributed by atoms with Crippen molar-refractivity contribution in [2.24, 2.45) is 7.05 Å². The van der Waals surface area contributed by atoms with Gasteiger partial charge in [0.25, 0.3) is 5.91 Å². The molecular weight excluding hydrogens is 535 g/mol. The smallest absolute Gasteiger partial charge is 0.302 e. The number of hydrogen-bond donors (Lipinski definition) is 2. The minimum absolute atomic E-state index is 0.155. The van der Waals surface area contributed by atoms with Crippen LogP contribution < -0.4 is 10.0 Å². The van der Waals surface area contributed by atoms with Crippen molar-refractivity contribution in [3.8, 4) is 0 Å². The van der Waals surface area contributed by atoms with Crippen LogP contribution in [0.15, 0.2) is 60.6 Å². The molecule has 37 heavy (non-hydrogen) atoms. The molecule has 1 aliphatic carbocycles. The first kappa shape index (κ1) is 25.7. The van der Waals surface area contributed by atoms with E-state index in [9.17, 15) is 13.2 Å². The van der Waals surface area contributed by atoms with Crippen LogP contribution in [-0.2, 0) is 17.3 Å². The maximum atomic E-state index is 13.7. The molecule has 3 aromatic rings. The molecule has 9 nitrogen and oxygen atoms in total. The van der Waals surface area contributed by atoms with Crippen molar-refractivity contribution < 1.29 is 13.2 Å². The highest BCUT2D eigenvalue weighted by Gasteiger charge is 2.42. The molecule has 2 N–H and O–H groups in total. The molecule has 2 aliphatic rings. The number of carbonyl (C=O) groups excluding carboxylic acids is 1. The first-order valence-electron chi connectivity index (χ1n) is 11.9. The van der Waals surface area contributed by atoms with Gasteiger partial charge in [-0.2, -0.15) is 12.7 Å². The third kappa shape index (κ3) is 4.98. The minimum atomic E-state index is -3.83. The summed E-state index contributed by atoms with van der Waals surface area (Å²) in [5.74, 6) is -0.0994. The molecule has 0 radical (unpaired) electrons. The van der Waals surface area contributed by atoms with Gasteiger partial charge in [0.2, 0.25) is 0 Å². The van der Waals surface area contributed by atoms with Crippen LogP contribution in [0.5, 0.6) is 0 Å². The second-order valence-corrected chi connectivity index (χ2v) is 11.6. The summed E-state index contributed by atoms with van der Waals surface area (Å²) in [7, 11) is -2.02. The Morgan fingerprint density at radius 2 is 1.95 bits per heavy atom. The summed E-state index contributed by atoms with van der Waals surface area (Å²) in [6.07, 6.45) is 12.9. The van der Waals surface area contributed by atoms with E-state index in [4.69, 9.17) is 23.2 Å². The van der Waals surface area contributed by atoms with Gasteiger partial charge in [0.1, 0.15) is 5.69 Å². The van der Waals surface area contributed by atoms with Crippen LogP contribution >= 0.6 is 23.2 Å². The summed E-state index contributed by atoms with van der Waals surface area (Å²) in [4.78, 5) is 21.6. The van der Waals surface area contributed by atoms with Crippen molar-refractivity contribution in [2.75, 3.05) is 17.8 Å². The van der Waals surface area contributed by atoms with E-state index >= 15 is 0 Å². The van der Waals surface area contributed by atoms with Gasteiger partial charge in [-0.15, -0.1) is 0 Å². The number of nitrogens with one attached hydrogen (secondary N) is 2. The number of halogens is 2. The number of fused-ring (bicyclic) bond motifs is 1. The quantitative estimate of drug-likeness (QED) is 0.462. The Bertz CT molecular complexity index is 1510. The monoisotopic (exact) mass is 560 g/mol. The number of carbonyl (C=O) groups is 1. The van der Waals surface area contributed by atoms with Crippen molar-refractivity contribution >= 4 is 56.0 Å². The van der Waals surface area contributed by atoms with Gasteiger partial charge in [-0.25, -0.2) is 4.98 Å². The van der Waals surface area contributed by atoms with Crippen molar-refractivity contribution in [1.82, 2.24) is 24.2 Å². The molecule has 12 heteroatoms. The predicted molar refractivity (Wildman–Crippen MR) is 145 cm³/mol. The van der Waals surface area contributed by atoms with Gasteiger partial charge in [-0.3, -0.25) is 14.5 Å². The Labute approximate surface area is 225 Å². The lowest BCUT2D eigenvalue weighted by Crippen LogP contribution is -2.58. The SMILES string of the molecule is Cn1c(C(=O)NC2(C3=CC=CCC3)CCN(S(=O)(=O)Nc3cnccn3)CC2)cc2c(Cl)c(Cl)ccc21. The second kappa shape index (κ2) is 10.1. The van der Waals surface area contributed by atoms with E-state index in [0.717, 1.165) is 23.9 Å². The Morgan fingerprint density at radius 1 is 1.16 bits per heavy atom. The van der Waals surface area contributed by atoms with E-state index in [2.05, 4.69) is 26.1 Å². The van der Waals surface area contributed by atoms with Crippen LogP contribution in [0.3, 0.4) is 0 Å². The van der Waals surface area contributed by atoms with Crippen LogP contribution in [0, 0.1) is 0 Å². The molecule has 1 fully saturated rings. The summed E-state index contributed by atoms with van der Waals surface area (Å²) < 4.78 is 31.6. The van der Waals surface area contributed by atoms with Gasteiger partial charge < -0.3 is 9.88 Å². The fourth-order valence-corrected chi connectivity index (χ4v) is 6.57. The highest BCUT2D eigenvalue weighted by atomic mass is 35.5. The highest BCUT2D eigenvalue weighted by molar-refractivity contribution is 7.90. The number of aromatic nitrogens is 3. The Hall–Kier alpha value is -2.92. The van der Waals surface area contributed by atoms with Gasteiger partial charge in [0.15, 0.2) is 5.82 Å². The normalized spacial score (nSPS) is 18.0. The number of rotatable bonds is 6. The number of benzene rings is 1. The van der Waals surface area contributed by atoms with E-state index in [1.165, 1.54) is 22.9 Å². The van der Waals surface area contributed by atoms with Crippen molar-refractivity contribution in [3.63, 3.8) is 0 Å². The standard InChI is InChI=1S/C25H26Cl2N6O3S/c1-32-20-8-7-19(26)23(27)18(20)15-21(32)24(34)30-25(17-5-3-2-4-6-17)9-13-33(14-10-25)37(35,36)31-22-16-28-11-12-29-22/h2-3,5,7-8,11-12,15-16H,4,6,9-10,13-14H2,1H3,(H,29,31)(H,30,34). The average molecular weight is 561 g/mol. The number of allylic oxidation sites excluding steroid dienone is 3. The third-order valence-electron chi connectivity index (χ3n) is 7.04. The van der Waals surface area contributed by atoms with E-state index in [-0.39, 0.29) is 24.8 Å². The third-order valence-corrected chi connectivity index (χ3v) is 9.37. The van der Waals surface area contributed by atoms with E-state index in [1.807, 2.05) is 25.3 Å². The van der Waals surface area contributed by atoms with Crippen LogP contribution in [0.4, 0.5) is 5.82 Å². The highest BCUT2D eigenvalue weighted by Crippen LogP contribution is 2.37. The number of piperidine rings is 1. The van der Waals surface area contributed by atoms with E-state index in [0.29, 0.717) is 34.0 Å². The first-order chi connectivity index (χ1) is 17.7. The Morgan fingerprint density at radius 3 is 2.62 bits per heavy atom. The fraction of sp³-hybridized carbons (Fsp3) is 0.320. The maximum absolute atomic E-state index is 13.7. The first-order valence-corrected chi connectivity index (χ1v) is 14.1. The number of nitrogens with zero attached hydrogens (tertiary/aromatic N) is 4. The summed E-state index contributed by atoms with van der Waals surface area (Å²) in [5.41, 5.74) is 1.65. The number of anilines is 1. The van der Waals surface area contributed by atoms with Crippen molar-refractivity contribution in [2.45, 2.75) is 31.2 Å². The number of amides is 1. The van der Waals surface area contributed by atoms with Gasteiger partial charge >= 0.3 is 10.2 Å². The maximum Gasteiger partial charge on any atom is 0.302 e. The summed E-state index contributed by atoms with van der Waals surface area (Å²) >= 11 is 12.6. The summed E-state index contributed by atoms with van der Waals surface area (Å²) in [5, 5.41) is 4.80. The zero-order valence-electron chi connectivity index (χ0n) is 20.1. The molecule has 0 unspecified atom stereocenters. The largest absolute Gasteiger partial charge is 0.341 e. The summed E-state index contributed by atoms with van der Waals surface area (Å²) in [6, 6.07) is 5.28. The lowest BCUT2D eigenvalue weighted by molar-refractivity contribution is 0.0873. The molecule has 1 aromatic carbocycles. The van der Waals surface area contributed by atoms with Crippen molar-refractivity contribution in [3.05, 3.63) is 76.3 Å². The fourth-order valence-electron chi connectivity index (χ4n) is 5.03. The topological polar surface area (TPSA) is 109 Å². The van der Waals surface area contributed by atoms with Crippen LogP contribution in [0.2, 0.25) is 10.0 Å². The minimum Gasteiger partial charge on any atom is -0.341 e. The predicted octanol–water partition coefficient (Wildman–Crippen LogP) is 4.47. The molecule has 0 atom stereocenters. The van der Waals surface area contributed by atoms with Crippen LogP contribution in [0.25, 0.3) is 10.9 Å². The molecule has 0 bridgehead atoms.